The Morgan fingerprint density at radius 3 is 2.62 bits per heavy atom. The first kappa shape index (κ1) is 11.0. The zero-order chi connectivity index (χ0) is 11.7. The number of imidazole rings is 1. The van der Waals surface area contributed by atoms with E-state index >= 15 is 0 Å². The van der Waals surface area contributed by atoms with Gasteiger partial charge in [-0.2, -0.15) is 0 Å². The lowest BCUT2D eigenvalue weighted by Crippen LogP contribution is -2.09. The van der Waals surface area contributed by atoms with Crippen molar-refractivity contribution in [2.75, 3.05) is 19.0 Å². The van der Waals surface area contributed by atoms with Gasteiger partial charge in [-0.25, -0.2) is 0 Å². The molecule has 0 aliphatic rings. The number of hydrogen-bond acceptors (Lipinski definition) is 2. The van der Waals surface area contributed by atoms with Gasteiger partial charge >= 0.3 is 0 Å². The molecule has 0 radical (unpaired) electrons. The summed E-state index contributed by atoms with van der Waals surface area (Å²) in [6.07, 6.45) is 1.92. The van der Waals surface area contributed by atoms with Crippen molar-refractivity contribution >= 4 is 17.9 Å². The van der Waals surface area contributed by atoms with E-state index < -0.39 is 0 Å². The summed E-state index contributed by atoms with van der Waals surface area (Å²) in [6, 6.07) is 8.30. The van der Waals surface area contributed by atoms with Crippen molar-refractivity contribution in [3.8, 4) is 5.69 Å². The van der Waals surface area contributed by atoms with Crippen LogP contribution in [0.25, 0.3) is 5.69 Å². The Balaban J connectivity index is 2.57. The van der Waals surface area contributed by atoms with Crippen LogP contribution in [0.1, 0.15) is 5.69 Å². The summed E-state index contributed by atoms with van der Waals surface area (Å²) in [7, 11) is 4.06. The number of hydrogen-bond donors (Lipinski definition) is 1. The molecule has 0 aliphatic heterocycles. The van der Waals surface area contributed by atoms with Crippen molar-refractivity contribution in [1.82, 2.24) is 9.55 Å². The fourth-order valence-electron chi connectivity index (χ4n) is 1.69. The minimum Gasteiger partial charge on any atom is -0.378 e. The minimum atomic E-state index is 0.730. The summed E-state index contributed by atoms with van der Waals surface area (Å²) in [5, 5.41) is 0. The molecular weight excluding hydrogens is 218 g/mol. The van der Waals surface area contributed by atoms with Gasteiger partial charge in [0, 0.05) is 31.7 Å². The highest BCUT2D eigenvalue weighted by molar-refractivity contribution is 7.71. The molecule has 1 aromatic heterocycles. The number of anilines is 1. The third-order valence-electron chi connectivity index (χ3n) is 2.56. The molecule has 2 rings (SSSR count). The fraction of sp³-hybridized carbons (Fsp3) is 0.250. The number of rotatable bonds is 2. The second-order valence-corrected chi connectivity index (χ2v) is 4.37. The van der Waals surface area contributed by atoms with Gasteiger partial charge in [-0.15, -0.1) is 0 Å². The summed E-state index contributed by atoms with van der Waals surface area (Å²) in [6.45, 7) is 2.04. The molecule has 2 aromatic rings. The first-order valence-electron chi connectivity index (χ1n) is 5.14. The zero-order valence-corrected chi connectivity index (χ0v) is 10.5. The zero-order valence-electron chi connectivity index (χ0n) is 9.69. The van der Waals surface area contributed by atoms with Crippen LogP contribution >= 0.6 is 12.2 Å². The molecule has 84 valence electrons. The molecule has 0 unspecified atom stereocenters. The van der Waals surface area contributed by atoms with E-state index in [0.717, 1.165) is 16.2 Å². The molecule has 1 heterocycles. The second kappa shape index (κ2) is 4.14. The SMILES string of the molecule is Cc1c[nH]c(=S)n1-c1cccc(N(C)C)c1. The highest BCUT2D eigenvalue weighted by atomic mass is 32.1. The van der Waals surface area contributed by atoms with E-state index in [-0.39, 0.29) is 0 Å². The van der Waals surface area contributed by atoms with E-state index in [1.807, 2.05) is 37.8 Å². The number of aromatic nitrogens is 2. The molecule has 0 amide bonds. The van der Waals surface area contributed by atoms with Crippen LogP contribution < -0.4 is 4.90 Å². The van der Waals surface area contributed by atoms with Crippen molar-refractivity contribution < 1.29 is 0 Å². The van der Waals surface area contributed by atoms with Crippen LogP contribution in [0.5, 0.6) is 0 Å². The number of nitrogens with one attached hydrogen (secondary N) is 1. The maximum absolute atomic E-state index is 5.26. The van der Waals surface area contributed by atoms with Crippen LogP contribution in [0, 0.1) is 11.7 Å². The molecule has 1 aromatic carbocycles. The lowest BCUT2D eigenvalue weighted by molar-refractivity contribution is 0.981. The van der Waals surface area contributed by atoms with Crippen molar-refractivity contribution in [2.24, 2.45) is 0 Å². The smallest absolute Gasteiger partial charge is 0.182 e. The number of benzene rings is 1. The highest BCUT2D eigenvalue weighted by Crippen LogP contribution is 2.18. The van der Waals surface area contributed by atoms with E-state index in [2.05, 4.69) is 28.1 Å². The van der Waals surface area contributed by atoms with Crippen LogP contribution in [-0.4, -0.2) is 23.6 Å². The summed E-state index contributed by atoms with van der Waals surface area (Å²) >= 11 is 5.26. The quantitative estimate of drug-likeness (QED) is 0.806. The van der Waals surface area contributed by atoms with Gasteiger partial charge in [0.25, 0.3) is 0 Å². The average Bonchev–Trinajstić information content (AvgIpc) is 2.59. The average molecular weight is 233 g/mol. The van der Waals surface area contributed by atoms with Gasteiger partial charge in [0.2, 0.25) is 0 Å². The van der Waals surface area contributed by atoms with Crippen molar-refractivity contribution in [1.29, 1.82) is 0 Å². The van der Waals surface area contributed by atoms with Crippen LogP contribution in [0.4, 0.5) is 5.69 Å². The largest absolute Gasteiger partial charge is 0.378 e. The van der Waals surface area contributed by atoms with Gasteiger partial charge in [-0.05, 0) is 37.3 Å². The van der Waals surface area contributed by atoms with Crippen molar-refractivity contribution in [3.63, 3.8) is 0 Å². The van der Waals surface area contributed by atoms with E-state index in [1.165, 1.54) is 5.69 Å². The lowest BCUT2D eigenvalue weighted by Gasteiger charge is -2.14. The van der Waals surface area contributed by atoms with Crippen LogP contribution in [-0.2, 0) is 0 Å². The Morgan fingerprint density at radius 1 is 1.31 bits per heavy atom. The monoisotopic (exact) mass is 233 g/mol. The van der Waals surface area contributed by atoms with Gasteiger partial charge in [0.05, 0.1) is 5.69 Å². The van der Waals surface area contributed by atoms with Gasteiger partial charge in [-0.3, -0.25) is 4.57 Å². The first-order valence-corrected chi connectivity index (χ1v) is 5.55. The third kappa shape index (κ3) is 1.88. The van der Waals surface area contributed by atoms with Gasteiger partial charge < -0.3 is 9.88 Å². The Labute approximate surface area is 100 Å². The normalized spacial score (nSPS) is 10.4. The van der Waals surface area contributed by atoms with Crippen molar-refractivity contribution in [3.05, 3.63) is 40.9 Å². The molecule has 0 aliphatic carbocycles. The van der Waals surface area contributed by atoms with E-state index in [1.54, 1.807) is 0 Å². The Morgan fingerprint density at radius 2 is 2.06 bits per heavy atom. The first-order chi connectivity index (χ1) is 7.59. The second-order valence-electron chi connectivity index (χ2n) is 3.98. The maximum Gasteiger partial charge on any atom is 0.182 e. The summed E-state index contributed by atoms with van der Waals surface area (Å²) < 4.78 is 2.76. The van der Waals surface area contributed by atoms with Gasteiger partial charge in [-0.1, -0.05) is 6.07 Å². The molecule has 0 saturated heterocycles. The molecular formula is C12H15N3S. The number of nitrogens with zero attached hydrogens (tertiary/aromatic N) is 2. The number of aryl methyl sites for hydroxylation is 1. The topological polar surface area (TPSA) is 24.0 Å². The van der Waals surface area contributed by atoms with Crippen LogP contribution in [0.2, 0.25) is 0 Å². The molecule has 3 nitrogen and oxygen atoms in total. The molecule has 16 heavy (non-hydrogen) atoms. The third-order valence-corrected chi connectivity index (χ3v) is 2.87. The lowest BCUT2D eigenvalue weighted by atomic mass is 10.2. The molecule has 1 N–H and O–H groups in total. The summed E-state index contributed by atoms with van der Waals surface area (Å²) in [5.41, 5.74) is 3.37. The predicted octanol–water partition coefficient (Wildman–Crippen LogP) is 2.91. The molecule has 0 saturated carbocycles. The number of aromatic amines is 1. The van der Waals surface area contributed by atoms with Crippen LogP contribution in [0.15, 0.2) is 30.5 Å². The predicted molar refractivity (Wildman–Crippen MR) is 70.0 cm³/mol. The van der Waals surface area contributed by atoms with Crippen LogP contribution in [0.3, 0.4) is 0 Å². The summed E-state index contributed by atoms with van der Waals surface area (Å²) in [4.78, 5) is 5.13. The molecule has 4 heteroatoms. The minimum absolute atomic E-state index is 0.730. The Kier molecular flexibility index (Phi) is 2.83. The van der Waals surface area contributed by atoms with Gasteiger partial charge in [0.15, 0.2) is 4.77 Å². The highest BCUT2D eigenvalue weighted by Gasteiger charge is 2.03. The Bertz CT molecular complexity index is 551. The van der Waals surface area contributed by atoms with Gasteiger partial charge in [0.1, 0.15) is 0 Å². The fourth-order valence-corrected chi connectivity index (χ4v) is 1.99. The van der Waals surface area contributed by atoms with E-state index in [9.17, 15) is 0 Å². The summed E-state index contributed by atoms with van der Waals surface area (Å²) in [5.74, 6) is 0. The maximum atomic E-state index is 5.26. The molecule has 0 bridgehead atoms. The van der Waals surface area contributed by atoms with E-state index in [4.69, 9.17) is 12.2 Å². The molecule has 0 fully saturated rings. The molecule has 0 spiro atoms. The standard InChI is InChI=1S/C12H15N3S/c1-9-8-13-12(16)15(9)11-6-4-5-10(7-11)14(2)3/h4-8H,1-3H3,(H,13,16). The van der Waals surface area contributed by atoms with E-state index in [0.29, 0.717) is 0 Å². The number of H-pyrrole nitrogens is 1. The van der Waals surface area contributed by atoms with Crippen molar-refractivity contribution in [2.45, 2.75) is 6.92 Å². The Hall–Kier alpha value is -1.55. The molecule has 0 atom stereocenters.